The molecule has 0 unspecified atom stereocenters. The Morgan fingerprint density at radius 1 is 0.806 bits per heavy atom. The zero-order valence-corrected chi connectivity index (χ0v) is 19.1. The Balaban J connectivity index is 1.47. The van der Waals surface area contributed by atoms with Crippen LogP contribution in [0.2, 0.25) is 0 Å². The topological polar surface area (TPSA) is 78.0 Å². The van der Waals surface area contributed by atoms with Gasteiger partial charge in [0.15, 0.2) is 0 Å². The molecule has 31 heavy (non-hydrogen) atoms. The van der Waals surface area contributed by atoms with Gasteiger partial charge in [-0.05, 0) is 32.1 Å². The van der Waals surface area contributed by atoms with Crippen molar-refractivity contribution in [3.63, 3.8) is 0 Å². The first-order valence-corrected chi connectivity index (χ1v) is 11.7. The predicted molar refractivity (Wildman–Crippen MR) is 115 cm³/mol. The van der Waals surface area contributed by atoms with Crippen LogP contribution in [-0.2, 0) is 19.2 Å². The Hall–Kier alpha value is -1.70. The average Bonchev–Trinajstić information content (AvgIpc) is 3.11. The summed E-state index contributed by atoms with van der Waals surface area (Å²) in [4.78, 5) is 56.1. The van der Waals surface area contributed by atoms with Crippen molar-refractivity contribution in [3.05, 3.63) is 22.2 Å². The summed E-state index contributed by atoms with van der Waals surface area (Å²) in [5.41, 5.74) is 0. The van der Waals surface area contributed by atoms with Gasteiger partial charge in [-0.3, -0.25) is 33.9 Å². The number of likely N-dealkylation sites (tertiary alicyclic amines) is 2. The molecule has 0 aromatic carbocycles. The number of rotatable bonds is 7. The van der Waals surface area contributed by atoms with E-state index in [9.17, 15) is 19.2 Å². The molecule has 2 aliphatic carbocycles. The second-order valence-electron chi connectivity index (χ2n) is 8.85. The maximum atomic E-state index is 12.9. The molecule has 2 aliphatic heterocycles. The number of carbonyl (C=O) groups is 4. The van der Waals surface area contributed by atoms with E-state index in [-0.39, 0.29) is 48.8 Å². The Labute approximate surface area is 192 Å². The van der Waals surface area contributed by atoms with Crippen LogP contribution in [0.5, 0.6) is 0 Å². The lowest BCUT2D eigenvalue weighted by Crippen LogP contribution is -2.48. The fraction of sp³-hybridized carbons (Fsp3) is 0.636. The first-order valence-electron chi connectivity index (χ1n) is 10.9. The molecule has 4 aliphatic rings. The van der Waals surface area contributed by atoms with E-state index in [2.05, 4.69) is 0 Å². The summed E-state index contributed by atoms with van der Waals surface area (Å²) in [7, 11) is 0. The molecule has 4 atom stereocenters. The number of hydrogen-bond acceptors (Lipinski definition) is 5. The van der Waals surface area contributed by atoms with Gasteiger partial charge in [0, 0.05) is 16.6 Å². The SMILES string of the molecule is CCCCN(CN1C(=O)[C@H]2CC=C(Cl)C[C@@H]2C1=O)CN1C(=O)[C@H]2CC=C(Cl)C[C@H]2C1=O. The molecule has 0 aromatic heterocycles. The zero-order chi connectivity index (χ0) is 22.3. The number of hydrogen-bond donors (Lipinski definition) is 0. The van der Waals surface area contributed by atoms with E-state index in [0.29, 0.717) is 42.3 Å². The van der Waals surface area contributed by atoms with Crippen molar-refractivity contribution in [2.24, 2.45) is 23.7 Å². The maximum Gasteiger partial charge on any atom is 0.234 e. The van der Waals surface area contributed by atoms with Crippen LogP contribution in [0.3, 0.4) is 0 Å². The van der Waals surface area contributed by atoms with Crippen molar-refractivity contribution in [2.75, 3.05) is 19.9 Å². The van der Waals surface area contributed by atoms with E-state index < -0.39 is 11.8 Å². The molecular weight excluding hydrogens is 441 g/mol. The molecule has 0 bridgehead atoms. The molecule has 4 rings (SSSR count). The number of fused-ring (bicyclic) bond motifs is 2. The average molecular weight is 468 g/mol. The number of nitrogens with zero attached hydrogens (tertiary/aromatic N) is 3. The van der Waals surface area contributed by atoms with Crippen molar-refractivity contribution < 1.29 is 19.2 Å². The van der Waals surface area contributed by atoms with Crippen LogP contribution < -0.4 is 0 Å². The van der Waals surface area contributed by atoms with E-state index in [1.54, 1.807) is 0 Å². The van der Waals surface area contributed by atoms with Gasteiger partial charge in [0.25, 0.3) is 0 Å². The molecule has 2 saturated heterocycles. The quantitative estimate of drug-likeness (QED) is 0.537. The van der Waals surface area contributed by atoms with E-state index >= 15 is 0 Å². The highest BCUT2D eigenvalue weighted by atomic mass is 35.5. The summed E-state index contributed by atoms with van der Waals surface area (Å²) >= 11 is 12.2. The van der Waals surface area contributed by atoms with Gasteiger partial charge in [0.05, 0.1) is 37.0 Å². The van der Waals surface area contributed by atoms with Gasteiger partial charge in [-0.1, -0.05) is 48.7 Å². The van der Waals surface area contributed by atoms with Crippen LogP contribution in [0.25, 0.3) is 0 Å². The third-order valence-electron chi connectivity index (χ3n) is 6.83. The second kappa shape index (κ2) is 9.04. The van der Waals surface area contributed by atoms with Crippen LogP contribution in [0.4, 0.5) is 0 Å². The molecule has 168 valence electrons. The van der Waals surface area contributed by atoms with E-state index in [1.807, 2.05) is 24.0 Å². The summed E-state index contributed by atoms with van der Waals surface area (Å²) in [6.45, 7) is 2.77. The molecule has 9 heteroatoms. The molecule has 0 N–H and O–H groups in total. The maximum absolute atomic E-state index is 12.9. The molecule has 0 radical (unpaired) electrons. The largest absolute Gasteiger partial charge is 0.274 e. The number of amides is 4. The van der Waals surface area contributed by atoms with Gasteiger partial charge in [0.2, 0.25) is 23.6 Å². The summed E-state index contributed by atoms with van der Waals surface area (Å²) in [6.07, 6.45) is 7.09. The van der Waals surface area contributed by atoms with Crippen molar-refractivity contribution in [2.45, 2.75) is 45.4 Å². The second-order valence-corrected chi connectivity index (χ2v) is 9.82. The lowest BCUT2D eigenvalue weighted by atomic mass is 9.85. The number of halogens is 2. The Bertz CT molecular complexity index is 805. The normalized spacial score (nSPS) is 30.7. The highest BCUT2D eigenvalue weighted by Crippen LogP contribution is 2.40. The highest BCUT2D eigenvalue weighted by molar-refractivity contribution is 6.30. The van der Waals surface area contributed by atoms with Crippen LogP contribution in [-0.4, -0.2) is 58.2 Å². The zero-order valence-electron chi connectivity index (χ0n) is 17.6. The third kappa shape index (κ3) is 4.20. The van der Waals surface area contributed by atoms with Crippen LogP contribution in [0.15, 0.2) is 22.2 Å². The first-order chi connectivity index (χ1) is 14.8. The van der Waals surface area contributed by atoms with Gasteiger partial charge in [-0.15, -0.1) is 0 Å². The van der Waals surface area contributed by atoms with Crippen LogP contribution >= 0.6 is 23.2 Å². The van der Waals surface area contributed by atoms with Gasteiger partial charge in [-0.25, -0.2) is 0 Å². The van der Waals surface area contributed by atoms with Gasteiger partial charge < -0.3 is 0 Å². The summed E-state index contributed by atoms with van der Waals surface area (Å²) in [5.74, 6) is -2.38. The summed E-state index contributed by atoms with van der Waals surface area (Å²) in [6, 6.07) is 0. The molecule has 0 aromatic rings. The predicted octanol–water partition coefficient (Wildman–Crippen LogP) is 3.04. The Morgan fingerprint density at radius 3 is 1.65 bits per heavy atom. The molecular formula is C22H27Cl2N3O4. The molecule has 7 nitrogen and oxygen atoms in total. The standard InChI is InChI=1S/C22H27Cl2N3O4/c1-2-3-8-25(11-26-19(28)15-6-4-13(23)9-17(15)21(26)30)12-27-20(29)16-7-5-14(24)10-18(16)22(27)31/h4-5,15-18H,2-3,6-12H2,1H3/t15-,16-,17-,18+/m0/s1. The lowest BCUT2D eigenvalue weighted by molar-refractivity contribution is -0.145. The number of imide groups is 2. The Kier molecular flexibility index (Phi) is 6.56. The minimum Gasteiger partial charge on any atom is -0.274 e. The summed E-state index contributed by atoms with van der Waals surface area (Å²) in [5, 5.41) is 1.24. The molecule has 4 amide bonds. The van der Waals surface area contributed by atoms with Crippen LogP contribution in [0.1, 0.15) is 45.4 Å². The minimum atomic E-state index is -0.413. The molecule has 2 heterocycles. The fourth-order valence-corrected chi connectivity index (χ4v) is 5.55. The number of unbranched alkanes of at least 4 members (excludes halogenated alkanes) is 1. The van der Waals surface area contributed by atoms with E-state index in [4.69, 9.17) is 23.2 Å². The fourth-order valence-electron chi connectivity index (χ4n) is 5.04. The minimum absolute atomic E-state index is 0.0771. The lowest BCUT2D eigenvalue weighted by Gasteiger charge is -2.30. The molecule has 2 fully saturated rings. The van der Waals surface area contributed by atoms with E-state index in [1.165, 1.54) is 9.80 Å². The third-order valence-corrected chi connectivity index (χ3v) is 7.45. The van der Waals surface area contributed by atoms with Gasteiger partial charge in [-0.2, -0.15) is 0 Å². The highest BCUT2D eigenvalue weighted by Gasteiger charge is 2.51. The van der Waals surface area contributed by atoms with Crippen molar-refractivity contribution in [3.8, 4) is 0 Å². The summed E-state index contributed by atoms with van der Waals surface area (Å²) < 4.78 is 0. The first kappa shape index (κ1) is 22.5. The number of allylic oxidation sites excluding steroid dienone is 4. The Morgan fingerprint density at radius 2 is 1.23 bits per heavy atom. The molecule has 0 saturated carbocycles. The van der Waals surface area contributed by atoms with Crippen molar-refractivity contribution in [1.29, 1.82) is 0 Å². The molecule has 0 spiro atoms. The van der Waals surface area contributed by atoms with Gasteiger partial charge >= 0.3 is 0 Å². The van der Waals surface area contributed by atoms with Crippen molar-refractivity contribution in [1.82, 2.24) is 14.7 Å². The smallest absolute Gasteiger partial charge is 0.234 e. The monoisotopic (exact) mass is 467 g/mol. The number of carbonyl (C=O) groups excluding carboxylic acids is 4. The van der Waals surface area contributed by atoms with E-state index in [0.717, 1.165) is 12.8 Å². The van der Waals surface area contributed by atoms with Crippen molar-refractivity contribution >= 4 is 46.8 Å². The van der Waals surface area contributed by atoms with Crippen LogP contribution in [0, 0.1) is 23.7 Å². The van der Waals surface area contributed by atoms with Gasteiger partial charge in [0.1, 0.15) is 0 Å².